The second-order valence-corrected chi connectivity index (χ2v) is 8.76. The number of piperazine rings is 1. The average Bonchev–Trinajstić information content (AvgIpc) is 3.35. The smallest absolute Gasteiger partial charge is 0.270 e. The molecule has 0 unspecified atom stereocenters. The lowest BCUT2D eigenvalue weighted by Crippen LogP contribution is -2.49. The molecule has 184 valence electrons. The van der Waals surface area contributed by atoms with Crippen LogP contribution in [0.15, 0.2) is 66.7 Å². The minimum absolute atomic E-state index is 0.0128. The Labute approximate surface area is 209 Å². The number of H-pyrrole nitrogens is 1. The summed E-state index contributed by atoms with van der Waals surface area (Å²) >= 11 is 0. The first kappa shape index (κ1) is 23.3. The summed E-state index contributed by atoms with van der Waals surface area (Å²) in [6, 6.07) is 21.6. The number of nitrogens with one attached hydrogen (secondary N) is 3. The van der Waals surface area contributed by atoms with Crippen LogP contribution >= 0.6 is 0 Å². The first-order valence-corrected chi connectivity index (χ1v) is 12.1. The molecule has 0 bridgehead atoms. The van der Waals surface area contributed by atoms with Crippen LogP contribution in [0.5, 0.6) is 0 Å². The van der Waals surface area contributed by atoms with E-state index in [-0.39, 0.29) is 11.8 Å². The number of benzene rings is 2. The van der Waals surface area contributed by atoms with E-state index in [4.69, 9.17) is 4.98 Å². The van der Waals surface area contributed by atoms with E-state index >= 15 is 0 Å². The minimum atomic E-state index is -0.0648. The number of carbonyl (C=O) groups excluding carboxylic acids is 2. The first-order valence-electron chi connectivity index (χ1n) is 12.1. The number of aromatic nitrogens is 3. The molecular formula is C27H29N7O2. The van der Waals surface area contributed by atoms with E-state index in [0.717, 1.165) is 22.3 Å². The number of carbonyl (C=O) groups is 2. The van der Waals surface area contributed by atoms with Crippen molar-refractivity contribution in [1.29, 1.82) is 0 Å². The van der Waals surface area contributed by atoms with Crippen LogP contribution in [0, 0.1) is 0 Å². The molecule has 4 aromatic rings. The van der Waals surface area contributed by atoms with Gasteiger partial charge < -0.3 is 25.4 Å². The average molecular weight is 484 g/mol. The minimum Gasteiger partial charge on any atom is -0.368 e. The number of rotatable bonds is 7. The van der Waals surface area contributed by atoms with Crippen molar-refractivity contribution in [2.45, 2.75) is 6.92 Å². The summed E-state index contributed by atoms with van der Waals surface area (Å²) in [5, 5.41) is 7.11. The van der Waals surface area contributed by atoms with Crippen LogP contribution in [-0.2, 0) is 4.79 Å². The van der Waals surface area contributed by atoms with Crippen molar-refractivity contribution in [3.8, 4) is 11.4 Å². The SMILES string of the molecule is CC(=O)NCCNc1cc(N2CCN(C(=O)c3cc4ccccc4[nH]3)CC2)nc(-c2ccccc2)n1. The number of anilines is 2. The van der Waals surface area contributed by atoms with Gasteiger partial charge in [-0.15, -0.1) is 0 Å². The molecule has 3 heterocycles. The summed E-state index contributed by atoms with van der Waals surface area (Å²) in [6.07, 6.45) is 0. The lowest BCUT2D eigenvalue weighted by Gasteiger charge is -2.35. The first-order chi connectivity index (χ1) is 17.6. The fraction of sp³-hybridized carbons (Fsp3) is 0.259. The summed E-state index contributed by atoms with van der Waals surface area (Å²) in [6.45, 7) is 5.10. The Bertz CT molecular complexity index is 1330. The Hall–Kier alpha value is -4.40. The highest BCUT2D eigenvalue weighted by Gasteiger charge is 2.24. The molecule has 0 aliphatic carbocycles. The number of para-hydroxylation sites is 1. The van der Waals surface area contributed by atoms with Gasteiger partial charge in [-0.2, -0.15) is 0 Å². The summed E-state index contributed by atoms with van der Waals surface area (Å²) < 4.78 is 0. The van der Waals surface area contributed by atoms with E-state index in [1.165, 1.54) is 6.92 Å². The second kappa shape index (κ2) is 10.5. The van der Waals surface area contributed by atoms with E-state index in [9.17, 15) is 9.59 Å². The summed E-state index contributed by atoms with van der Waals surface area (Å²) in [5.74, 6) is 2.08. The van der Waals surface area contributed by atoms with Gasteiger partial charge in [0.05, 0.1) is 0 Å². The number of hydrogen-bond acceptors (Lipinski definition) is 6. The number of amides is 2. The molecule has 0 spiro atoms. The maximum Gasteiger partial charge on any atom is 0.270 e. The van der Waals surface area contributed by atoms with Gasteiger partial charge in [0, 0.05) is 68.7 Å². The van der Waals surface area contributed by atoms with Gasteiger partial charge in [-0.25, -0.2) is 9.97 Å². The fourth-order valence-corrected chi connectivity index (χ4v) is 4.33. The van der Waals surface area contributed by atoms with Crippen LogP contribution < -0.4 is 15.5 Å². The summed E-state index contributed by atoms with van der Waals surface area (Å²) in [7, 11) is 0. The third-order valence-corrected chi connectivity index (χ3v) is 6.20. The quantitative estimate of drug-likeness (QED) is 0.349. The molecule has 2 aromatic carbocycles. The molecule has 36 heavy (non-hydrogen) atoms. The van der Waals surface area contributed by atoms with E-state index in [1.807, 2.05) is 71.6 Å². The highest BCUT2D eigenvalue weighted by molar-refractivity contribution is 5.98. The molecular weight excluding hydrogens is 454 g/mol. The highest BCUT2D eigenvalue weighted by atomic mass is 16.2. The predicted molar refractivity (Wildman–Crippen MR) is 141 cm³/mol. The van der Waals surface area contributed by atoms with E-state index < -0.39 is 0 Å². The molecule has 2 aromatic heterocycles. The van der Waals surface area contributed by atoms with Crippen molar-refractivity contribution in [3.05, 3.63) is 72.4 Å². The molecule has 0 atom stereocenters. The van der Waals surface area contributed by atoms with E-state index in [1.54, 1.807) is 0 Å². The molecule has 2 amide bonds. The number of fused-ring (bicyclic) bond motifs is 1. The maximum atomic E-state index is 13.1. The van der Waals surface area contributed by atoms with Gasteiger partial charge in [-0.1, -0.05) is 48.5 Å². The normalized spacial score (nSPS) is 13.6. The van der Waals surface area contributed by atoms with E-state index in [2.05, 4.69) is 25.5 Å². The molecule has 0 radical (unpaired) electrons. The van der Waals surface area contributed by atoms with Crippen LogP contribution in [0.3, 0.4) is 0 Å². The van der Waals surface area contributed by atoms with Crippen molar-refractivity contribution in [2.24, 2.45) is 0 Å². The molecule has 1 aliphatic rings. The Balaban J connectivity index is 1.30. The molecule has 3 N–H and O–H groups in total. The monoisotopic (exact) mass is 483 g/mol. The molecule has 1 saturated heterocycles. The standard InChI is InChI=1S/C27H29N7O2/c1-19(35)28-11-12-29-24-18-25(32-26(31-24)20-7-3-2-4-8-20)33-13-15-34(16-14-33)27(36)23-17-21-9-5-6-10-22(21)30-23/h2-10,17-18,30H,11-16H2,1H3,(H,28,35)(H,29,31,32). The van der Waals surface area contributed by atoms with Gasteiger partial charge in [0.1, 0.15) is 17.3 Å². The van der Waals surface area contributed by atoms with Crippen molar-refractivity contribution in [3.63, 3.8) is 0 Å². The Kier molecular flexibility index (Phi) is 6.79. The zero-order chi connectivity index (χ0) is 24.9. The molecule has 0 saturated carbocycles. The van der Waals surface area contributed by atoms with Crippen LogP contribution in [0.4, 0.5) is 11.6 Å². The van der Waals surface area contributed by atoms with Gasteiger partial charge in [0.15, 0.2) is 5.82 Å². The lowest BCUT2D eigenvalue weighted by atomic mass is 10.2. The van der Waals surface area contributed by atoms with Crippen molar-refractivity contribution in [1.82, 2.24) is 25.2 Å². The van der Waals surface area contributed by atoms with Crippen molar-refractivity contribution >= 4 is 34.4 Å². The molecule has 9 nitrogen and oxygen atoms in total. The number of aromatic amines is 1. The fourth-order valence-electron chi connectivity index (χ4n) is 4.33. The van der Waals surface area contributed by atoms with Crippen molar-refractivity contribution in [2.75, 3.05) is 49.5 Å². The largest absolute Gasteiger partial charge is 0.368 e. The van der Waals surface area contributed by atoms with Crippen LogP contribution in [0.1, 0.15) is 17.4 Å². The lowest BCUT2D eigenvalue weighted by molar-refractivity contribution is -0.118. The Morgan fingerprint density at radius 2 is 1.67 bits per heavy atom. The van der Waals surface area contributed by atoms with Crippen LogP contribution in [0.2, 0.25) is 0 Å². The number of nitrogens with zero attached hydrogens (tertiary/aromatic N) is 4. The zero-order valence-electron chi connectivity index (χ0n) is 20.2. The van der Waals surface area contributed by atoms with Gasteiger partial charge >= 0.3 is 0 Å². The predicted octanol–water partition coefficient (Wildman–Crippen LogP) is 3.14. The van der Waals surface area contributed by atoms with Gasteiger partial charge in [0.2, 0.25) is 5.91 Å². The summed E-state index contributed by atoms with van der Waals surface area (Å²) in [4.78, 5) is 41.1. The van der Waals surface area contributed by atoms with E-state index in [0.29, 0.717) is 56.6 Å². The molecule has 1 fully saturated rings. The van der Waals surface area contributed by atoms with Crippen LogP contribution in [-0.4, -0.2) is 70.9 Å². The Morgan fingerprint density at radius 3 is 2.42 bits per heavy atom. The molecule has 9 heteroatoms. The topological polar surface area (TPSA) is 106 Å². The second-order valence-electron chi connectivity index (χ2n) is 8.76. The van der Waals surface area contributed by atoms with Gasteiger partial charge in [-0.05, 0) is 12.1 Å². The third-order valence-electron chi connectivity index (χ3n) is 6.20. The maximum absolute atomic E-state index is 13.1. The highest BCUT2D eigenvalue weighted by Crippen LogP contribution is 2.24. The molecule has 5 rings (SSSR count). The van der Waals surface area contributed by atoms with Gasteiger partial charge in [-0.3, -0.25) is 9.59 Å². The van der Waals surface area contributed by atoms with Crippen LogP contribution in [0.25, 0.3) is 22.3 Å². The van der Waals surface area contributed by atoms with Crippen molar-refractivity contribution < 1.29 is 9.59 Å². The molecule has 1 aliphatic heterocycles. The van der Waals surface area contributed by atoms with Gasteiger partial charge in [0.25, 0.3) is 5.91 Å². The Morgan fingerprint density at radius 1 is 0.917 bits per heavy atom. The third kappa shape index (κ3) is 5.30. The zero-order valence-corrected chi connectivity index (χ0v) is 20.2. The number of hydrogen-bond donors (Lipinski definition) is 3. The summed E-state index contributed by atoms with van der Waals surface area (Å²) in [5.41, 5.74) is 2.51.